The Balaban J connectivity index is 2.21. The van der Waals surface area contributed by atoms with Gasteiger partial charge in [0.25, 0.3) is 0 Å². The number of nitrogens with two attached hydrogens (primary N) is 1. The van der Waals surface area contributed by atoms with E-state index in [0.717, 1.165) is 16.2 Å². The molecule has 0 saturated carbocycles. The molecule has 3 N–H and O–H groups in total. The summed E-state index contributed by atoms with van der Waals surface area (Å²) < 4.78 is 5.83. The van der Waals surface area contributed by atoms with Crippen molar-refractivity contribution in [3.8, 4) is 5.75 Å². The van der Waals surface area contributed by atoms with Gasteiger partial charge in [-0.1, -0.05) is 36.7 Å². The maximum atomic E-state index is 7.77. The van der Waals surface area contributed by atoms with Crippen LogP contribution in [0, 0.1) is 5.41 Å². The molecule has 0 heterocycles. The molecular weight excluding hydrogens is 304 g/mol. The molecule has 110 valence electrons. The normalized spacial score (nSPS) is 10.4. The Labute approximate surface area is 134 Å². The van der Waals surface area contributed by atoms with E-state index in [1.165, 1.54) is 0 Å². The Bertz CT molecular complexity index is 629. The van der Waals surface area contributed by atoms with E-state index in [1.54, 1.807) is 11.8 Å². The molecule has 0 amide bonds. The highest BCUT2D eigenvalue weighted by Gasteiger charge is 2.12. The fourth-order valence-corrected chi connectivity index (χ4v) is 2.88. The second kappa shape index (κ2) is 7.38. The average Bonchev–Trinajstić information content (AvgIpc) is 2.47. The average molecular weight is 321 g/mol. The fourth-order valence-electron chi connectivity index (χ4n) is 1.91. The SMILES string of the molecule is CCSc1cccc(OCc2ccc(Cl)cc2)c1C(=N)N. The van der Waals surface area contributed by atoms with Crippen molar-refractivity contribution in [2.24, 2.45) is 5.73 Å². The molecule has 0 aliphatic heterocycles. The number of benzene rings is 2. The summed E-state index contributed by atoms with van der Waals surface area (Å²) in [5.41, 5.74) is 7.39. The third kappa shape index (κ3) is 4.16. The van der Waals surface area contributed by atoms with Gasteiger partial charge in [0.2, 0.25) is 0 Å². The molecule has 0 radical (unpaired) electrons. The quantitative estimate of drug-likeness (QED) is 0.473. The number of ether oxygens (including phenoxy) is 1. The zero-order valence-corrected chi connectivity index (χ0v) is 13.3. The zero-order chi connectivity index (χ0) is 15.2. The summed E-state index contributed by atoms with van der Waals surface area (Å²) >= 11 is 7.51. The van der Waals surface area contributed by atoms with Gasteiger partial charge in [0.05, 0.1) is 5.56 Å². The predicted molar refractivity (Wildman–Crippen MR) is 89.6 cm³/mol. The van der Waals surface area contributed by atoms with Gasteiger partial charge in [0, 0.05) is 9.92 Å². The van der Waals surface area contributed by atoms with E-state index in [2.05, 4.69) is 6.92 Å². The van der Waals surface area contributed by atoms with Crippen LogP contribution >= 0.6 is 23.4 Å². The van der Waals surface area contributed by atoms with E-state index in [9.17, 15) is 0 Å². The first-order valence-corrected chi connectivity index (χ1v) is 7.95. The van der Waals surface area contributed by atoms with Crippen molar-refractivity contribution in [2.45, 2.75) is 18.4 Å². The minimum atomic E-state index is 0.0256. The molecule has 0 bridgehead atoms. The monoisotopic (exact) mass is 320 g/mol. The summed E-state index contributed by atoms with van der Waals surface area (Å²) in [7, 11) is 0. The standard InChI is InChI=1S/C16H17ClN2OS/c1-2-21-14-5-3-4-13(15(14)16(18)19)20-10-11-6-8-12(17)9-7-11/h3-9H,2,10H2,1H3,(H3,18,19). The molecule has 0 unspecified atom stereocenters. The molecule has 2 aromatic carbocycles. The van der Waals surface area contributed by atoms with E-state index in [1.807, 2.05) is 42.5 Å². The van der Waals surface area contributed by atoms with Crippen LogP contribution < -0.4 is 10.5 Å². The van der Waals surface area contributed by atoms with Crippen LogP contribution in [0.1, 0.15) is 18.1 Å². The minimum Gasteiger partial charge on any atom is -0.488 e. The second-order valence-corrected chi connectivity index (χ2v) is 6.13. The fraction of sp³-hybridized carbons (Fsp3) is 0.188. The Hall–Kier alpha value is -1.65. The van der Waals surface area contributed by atoms with Crippen molar-refractivity contribution in [3.63, 3.8) is 0 Å². The number of amidine groups is 1. The van der Waals surface area contributed by atoms with Crippen LogP contribution in [0.2, 0.25) is 5.02 Å². The van der Waals surface area contributed by atoms with Crippen molar-refractivity contribution >= 4 is 29.2 Å². The lowest BCUT2D eigenvalue weighted by molar-refractivity contribution is 0.305. The van der Waals surface area contributed by atoms with E-state index < -0.39 is 0 Å². The smallest absolute Gasteiger partial charge is 0.131 e. The Morgan fingerprint density at radius 1 is 1.24 bits per heavy atom. The first kappa shape index (κ1) is 15.7. The molecule has 0 spiro atoms. The number of nitrogens with one attached hydrogen (secondary N) is 1. The topological polar surface area (TPSA) is 59.1 Å². The highest BCUT2D eigenvalue weighted by Crippen LogP contribution is 2.30. The molecule has 0 saturated heterocycles. The maximum absolute atomic E-state index is 7.77. The number of thioether (sulfide) groups is 1. The van der Waals surface area contributed by atoms with Gasteiger partial charge in [0.1, 0.15) is 18.2 Å². The summed E-state index contributed by atoms with van der Waals surface area (Å²) in [6.45, 7) is 2.48. The molecule has 2 aromatic rings. The van der Waals surface area contributed by atoms with Crippen molar-refractivity contribution < 1.29 is 4.74 Å². The lowest BCUT2D eigenvalue weighted by Crippen LogP contribution is -2.14. The van der Waals surface area contributed by atoms with Crippen LogP contribution in [-0.2, 0) is 6.61 Å². The lowest BCUT2D eigenvalue weighted by Gasteiger charge is -2.14. The van der Waals surface area contributed by atoms with Gasteiger partial charge < -0.3 is 10.5 Å². The number of hydrogen-bond donors (Lipinski definition) is 2. The minimum absolute atomic E-state index is 0.0256. The molecule has 21 heavy (non-hydrogen) atoms. The number of nitrogen functional groups attached to an aromatic ring is 1. The molecule has 5 heteroatoms. The lowest BCUT2D eigenvalue weighted by atomic mass is 10.2. The Morgan fingerprint density at radius 2 is 1.95 bits per heavy atom. The van der Waals surface area contributed by atoms with Crippen molar-refractivity contribution in [1.82, 2.24) is 0 Å². The van der Waals surface area contributed by atoms with E-state index in [4.69, 9.17) is 27.5 Å². The summed E-state index contributed by atoms with van der Waals surface area (Å²) in [4.78, 5) is 0.971. The van der Waals surface area contributed by atoms with Gasteiger partial charge in [-0.15, -0.1) is 11.8 Å². The summed E-state index contributed by atoms with van der Waals surface area (Å²) in [6.07, 6.45) is 0. The Morgan fingerprint density at radius 3 is 2.57 bits per heavy atom. The van der Waals surface area contributed by atoms with Crippen molar-refractivity contribution in [1.29, 1.82) is 5.41 Å². The van der Waals surface area contributed by atoms with Gasteiger partial charge in [0.15, 0.2) is 0 Å². The number of rotatable bonds is 6. The van der Waals surface area contributed by atoms with Crippen LogP contribution in [0.25, 0.3) is 0 Å². The molecule has 0 fully saturated rings. The summed E-state index contributed by atoms with van der Waals surface area (Å²) in [6, 6.07) is 13.2. The number of hydrogen-bond acceptors (Lipinski definition) is 3. The highest BCUT2D eigenvalue weighted by molar-refractivity contribution is 7.99. The second-order valence-electron chi connectivity index (χ2n) is 4.39. The summed E-state index contributed by atoms with van der Waals surface area (Å²) in [5, 5.41) is 8.47. The molecule has 2 rings (SSSR count). The molecule has 0 atom stereocenters. The van der Waals surface area contributed by atoms with E-state index >= 15 is 0 Å². The highest BCUT2D eigenvalue weighted by atomic mass is 35.5. The van der Waals surface area contributed by atoms with Crippen LogP contribution in [0.5, 0.6) is 5.75 Å². The molecule has 3 nitrogen and oxygen atoms in total. The van der Waals surface area contributed by atoms with Crippen molar-refractivity contribution in [2.75, 3.05) is 5.75 Å². The third-order valence-corrected chi connectivity index (χ3v) is 4.06. The van der Waals surface area contributed by atoms with Gasteiger partial charge in [-0.3, -0.25) is 5.41 Å². The molecular formula is C16H17ClN2OS. The molecule has 0 aliphatic rings. The van der Waals surface area contributed by atoms with E-state index in [0.29, 0.717) is 22.9 Å². The van der Waals surface area contributed by atoms with E-state index in [-0.39, 0.29) is 5.84 Å². The maximum Gasteiger partial charge on any atom is 0.131 e. The van der Waals surface area contributed by atoms with Gasteiger partial charge >= 0.3 is 0 Å². The summed E-state index contributed by atoms with van der Waals surface area (Å²) in [5.74, 6) is 1.58. The van der Waals surface area contributed by atoms with Crippen LogP contribution in [0.3, 0.4) is 0 Å². The third-order valence-electron chi connectivity index (χ3n) is 2.86. The van der Waals surface area contributed by atoms with Gasteiger partial charge in [-0.2, -0.15) is 0 Å². The first-order valence-electron chi connectivity index (χ1n) is 6.59. The van der Waals surface area contributed by atoms with Crippen molar-refractivity contribution in [3.05, 3.63) is 58.6 Å². The largest absolute Gasteiger partial charge is 0.488 e. The number of halogens is 1. The molecule has 0 aliphatic carbocycles. The van der Waals surface area contributed by atoms with Gasteiger partial charge in [-0.05, 0) is 35.6 Å². The molecule has 0 aromatic heterocycles. The Kier molecular flexibility index (Phi) is 5.53. The predicted octanol–water partition coefficient (Wildman–Crippen LogP) is 4.32. The first-order chi connectivity index (χ1) is 10.1. The van der Waals surface area contributed by atoms with Gasteiger partial charge in [-0.25, -0.2) is 0 Å². The van der Waals surface area contributed by atoms with Crippen LogP contribution in [0.15, 0.2) is 47.4 Å². The zero-order valence-electron chi connectivity index (χ0n) is 11.7. The van der Waals surface area contributed by atoms with Crippen LogP contribution in [0.4, 0.5) is 0 Å². The van der Waals surface area contributed by atoms with Crippen LogP contribution in [-0.4, -0.2) is 11.6 Å².